The number of methoxy groups -OCH3 is 1. The molecule has 3 unspecified atom stereocenters. The summed E-state index contributed by atoms with van der Waals surface area (Å²) >= 11 is 0. The molecular formula is C30H37N3O2. The van der Waals surface area contributed by atoms with E-state index in [1.54, 1.807) is 7.11 Å². The third-order valence-electron chi connectivity index (χ3n) is 7.44. The fourth-order valence-electron chi connectivity index (χ4n) is 5.46. The molecule has 0 saturated carbocycles. The Labute approximate surface area is 209 Å². The van der Waals surface area contributed by atoms with Crippen LogP contribution in [-0.4, -0.2) is 38.5 Å². The molecule has 5 rings (SSSR count). The Balaban J connectivity index is 1.46. The molecule has 5 nitrogen and oxygen atoms in total. The normalized spacial score (nSPS) is 20.9. The third-order valence-corrected chi connectivity index (χ3v) is 7.44. The number of nitrogens with zero attached hydrogens (tertiary/aromatic N) is 3. The molecule has 1 fully saturated rings. The Morgan fingerprint density at radius 1 is 1.09 bits per heavy atom. The van der Waals surface area contributed by atoms with E-state index in [9.17, 15) is 0 Å². The summed E-state index contributed by atoms with van der Waals surface area (Å²) in [6.45, 7) is 5.22. The second-order valence-corrected chi connectivity index (χ2v) is 10.3. The summed E-state index contributed by atoms with van der Waals surface area (Å²) < 4.78 is 12.1. The minimum atomic E-state index is 0.0391. The lowest BCUT2D eigenvalue weighted by Crippen LogP contribution is -2.30. The first-order chi connectivity index (χ1) is 17.0. The number of aromatic nitrogens is 1. The zero-order chi connectivity index (χ0) is 24.5. The van der Waals surface area contributed by atoms with E-state index >= 15 is 0 Å². The molecule has 0 amide bonds. The maximum absolute atomic E-state index is 6.50. The minimum absolute atomic E-state index is 0.0391. The van der Waals surface area contributed by atoms with E-state index in [2.05, 4.69) is 91.3 Å². The average Bonchev–Trinajstić information content (AvgIpc) is 3.67. The molecule has 0 radical (unpaired) electrons. The van der Waals surface area contributed by atoms with Crippen LogP contribution in [0, 0.1) is 0 Å². The van der Waals surface area contributed by atoms with Gasteiger partial charge in [-0.2, -0.15) is 0 Å². The van der Waals surface area contributed by atoms with Crippen LogP contribution in [0.5, 0.6) is 5.75 Å². The molecule has 0 spiro atoms. The van der Waals surface area contributed by atoms with Gasteiger partial charge in [-0.05, 0) is 72.2 Å². The highest BCUT2D eigenvalue weighted by Crippen LogP contribution is 2.47. The van der Waals surface area contributed by atoms with Gasteiger partial charge in [0.25, 0.3) is 0 Å². The second-order valence-electron chi connectivity index (χ2n) is 10.3. The summed E-state index contributed by atoms with van der Waals surface area (Å²) in [6, 6.07) is 19.7. The molecule has 0 N–H and O–H groups in total. The van der Waals surface area contributed by atoms with Crippen molar-refractivity contribution in [1.29, 1.82) is 0 Å². The Morgan fingerprint density at radius 2 is 1.89 bits per heavy atom. The second kappa shape index (κ2) is 9.90. The number of fused-ring (bicyclic) bond motifs is 1. The number of benzene rings is 2. The van der Waals surface area contributed by atoms with Gasteiger partial charge in [0.15, 0.2) is 6.23 Å². The van der Waals surface area contributed by atoms with Crippen molar-refractivity contribution in [2.24, 2.45) is 0 Å². The van der Waals surface area contributed by atoms with Crippen LogP contribution in [0.4, 0.5) is 11.5 Å². The monoisotopic (exact) mass is 471 g/mol. The number of pyridine rings is 1. The zero-order valence-corrected chi connectivity index (χ0v) is 21.6. The lowest BCUT2D eigenvalue weighted by molar-refractivity contribution is 0.330. The molecule has 2 aliphatic rings. The minimum Gasteiger partial charge on any atom is -0.497 e. The number of rotatable bonds is 8. The van der Waals surface area contributed by atoms with Crippen molar-refractivity contribution in [2.45, 2.75) is 63.8 Å². The Hall–Kier alpha value is -3.05. The van der Waals surface area contributed by atoms with Crippen LogP contribution in [0.25, 0.3) is 0 Å². The Morgan fingerprint density at radius 3 is 2.60 bits per heavy atom. The van der Waals surface area contributed by atoms with Gasteiger partial charge in [0.05, 0.1) is 7.11 Å². The van der Waals surface area contributed by atoms with Gasteiger partial charge in [0.2, 0.25) is 0 Å². The van der Waals surface area contributed by atoms with Crippen molar-refractivity contribution < 1.29 is 9.47 Å². The summed E-state index contributed by atoms with van der Waals surface area (Å²) in [6.07, 6.45) is 5.56. The van der Waals surface area contributed by atoms with E-state index in [1.807, 2.05) is 12.3 Å². The van der Waals surface area contributed by atoms with Crippen LogP contribution in [0.1, 0.15) is 60.8 Å². The van der Waals surface area contributed by atoms with E-state index in [4.69, 9.17) is 9.47 Å². The van der Waals surface area contributed by atoms with E-state index < -0.39 is 0 Å². The first-order valence-corrected chi connectivity index (χ1v) is 12.8. The van der Waals surface area contributed by atoms with Crippen LogP contribution in [0.3, 0.4) is 0 Å². The first-order valence-electron chi connectivity index (χ1n) is 12.8. The van der Waals surface area contributed by atoms with Crippen molar-refractivity contribution in [2.75, 3.05) is 31.0 Å². The summed E-state index contributed by atoms with van der Waals surface area (Å²) in [5.74, 6) is 2.83. The molecule has 1 saturated heterocycles. The van der Waals surface area contributed by atoms with E-state index in [0.29, 0.717) is 11.8 Å². The highest BCUT2D eigenvalue weighted by Gasteiger charge is 2.50. The predicted molar refractivity (Wildman–Crippen MR) is 143 cm³/mol. The molecule has 2 heterocycles. The number of hydrogen-bond acceptors (Lipinski definition) is 5. The van der Waals surface area contributed by atoms with Gasteiger partial charge < -0.3 is 19.3 Å². The van der Waals surface area contributed by atoms with Crippen molar-refractivity contribution >= 4 is 11.5 Å². The van der Waals surface area contributed by atoms with Crippen molar-refractivity contribution in [3.63, 3.8) is 0 Å². The van der Waals surface area contributed by atoms with E-state index in [0.717, 1.165) is 31.0 Å². The van der Waals surface area contributed by atoms with Gasteiger partial charge in [-0.3, -0.25) is 0 Å². The largest absolute Gasteiger partial charge is 0.497 e. The van der Waals surface area contributed by atoms with Gasteiger partial charge in [0.1, 0.15) is 17.7 Å². The number of epoxide rings is 1. The maximum Gasteiger partial charge on any atom is 0.158 e. The van der Waals surface area contributed by atoms with Gasteiger partial charge >= 0.3 is 0 Å². The number of hydrogen-bond donors (Lipinski definition) is 0. The van der Waals surface area contributed by atoms with Crippen molar-refractivity contribution in [3.8, 4) is 5.75 Å². The Kier molecular flexibility index (Phi) is 6.70. The quantitative estimate of drug-likeness (QED) is 0.370. The molecule has 2 aromatic carbocycles. The highest BCUT2D eigenvalue weighted by atomic mass is 16.6. The third kappa shape index (κ3) is 4.87. The standard InChI is InChI=1S/C30H37N3O2/c1-20(2)21-11-14-24(15-12-21)33(19-23-9-7-17-31-29(23)32(3)4)30-28(35-30)26-10-6-8-22-13-16-25(34-5)18-27(22)26/h7,9,11-18,20,26,28,30H,6,8,10,19H2,1-5H3. The summed E-state index contributed by atoms with van der Waals surface area (Å²) in [4.78, 5) is 9.16. The van der Waals surface area contributed by atoms with Gasteiger partial charge in [-0.1, -0.05) is 38.1 Å². The molecule has 3 aromatic rings. The fourth-order valence-corrected chi connectivity index (χ4v) is 5.46. The molecule has 0 bridgehead atoms. The first kappa shape index (κ1) is 23.7. The lowest BCUT2D eigenvalue weighted by atomic mass is 9.80. The topological polar surface area (TPSA) is 41.1 Å². The van der Waals surface area contributed by atoms with Crippen LogP contribution in [-0.2, 0) is 17.7 Å². The highest BCUT2D eigenvalue weighted by molar-refractivity contribution is 5.54. The molecule has 3 atom stereocenters. The molecular weight excluding hydrogens is 434 g/mol. The summed E-state index contributed by atoms with van der Waals surface area (Å²) in [5, 5.41) is 0. The zero-order valence-electron chi connectivity index (χ0n) is 21.6. The van der Waals surface area contributed by atoms with Crippen LogP contribution in [0.15, 0.2) is 60.8 Å². The van der Waals surface area contributed by atoms with Gasteiger partial charge in [-0.25, -0.2) is 4.98 Å². The lowest BCUT2D eigenvalue weighted by Gasteiger charge is -2.28. The van der Waals surface area contributed by atoms with Gasteiger partial charge in [0, 0.05) is 44.0 Å². The predicted octanol–water partition coefficient (Wildman–Crippen LogP) is 6.13. The van der Waals surface area contributed by atoms with Crippen LogP contribution in [0.2, 0.25) is 0 Å². The maximum atomic E-state index is 6.50. The van der Waals surface area contributed by atoms with Crippen LogP contribution < -0.4 is 14.5 Å². The smallest absolute Gasteiger partial charge is 0.158 e. The SMILES string of the molecule is COc1ccc2c(c1)C(C1OC1N(Cc1cccnc1N(C)C)c1ccc(C(C)C)cc1)CCC2. The summed E-state index contributed by atoms with van der Waals surface area (Å²) in [7, 11) is 5.85. The molecule has 35 heavy (non-hydrogen) atoms. The average molecular weight is 472 g/mol. The van der Waals surface area contributed by atoms with Crippen molar-refractivity contribution in [3.05, 3.63) is 83.0 Å². The van der Waals surface area contributed by atoms with Gasteiger partial charge in [-0.15, -0.1) is 0 Å². The van der Waals surface area contributed by atoms with Crippen molar-refractivity contribution in [1.82, 2.24) is 4.98 Å². The van der Waals surface area contributed by atoms with E-state index in [-0.39, 0.29) is 12.3 Å². The summed E-state index contributed by atoms with van der Waals surface area (Å²) in [5.41, 5.74) is 6.58. The van der Waals surface area contributed by atoms with E-state index in [1.165, 1.54) is 34.4 Å². The van der Waals surface area contributed by atoms with Crippen LogP contribution >= 0.6 is 0 Å². The fraction of sp³-hybridized carbons (Fsp3) is 0.433. The molecule has 1 aliphatic carbocycles. The molecule has 1 aromatic heterocycles. The molecule has 184 valence electrons. The number of aryl methyl sites for hydroxylation is 1. The number of ether oxygens (including phenoxy) is 2. The number of anilines is 2. The molecule has 1 aliphatic heterocycles. The Bertz CT molecular complexity index is 1160. The molecule has 5 heteroatoms.